The Morgan fingerprint density at radius 3 is 2.79 bits per heavy atom. The zero-order valence-electron chi connectivity index (χ0n) is 10.5. The van der Waals surface area contributed by atoms with E-state index < -0.39 is 4.92 Å². The van der Waals surface area contributed by atoms with E-state index in [1.54, 1.807) is 7.05 Å². The summed E-state index contributed by atoms with van der Waals surface area (Å²) in [5, 5.41) is 14.2. The first-order valence-electron chi connectivity index (χ1n) is 5.53. The highest BCUT2D eigenvalue weighted by Crippen LogP contribution is 2.36. The van der Waals surface area contributed by atoms with Gasteiger partial charge in [0.15, 0.2) is 5.03 Å². The van der Waals surface area contributed by atoms with E-state index in [-0.39, 0.29) is 11.5 Å². The van der Waals surface area contributed by atoms with Crippen molar-refractivity contribution in [3.8, 4) is 0 Å². The minimum atomic E-state index is -0.468. The van der Waals surface area contributed by atoms with Gasteiger partial charge in [-0.3, -0.25) is 10.1 Å². The van der Waals surface area contributed by atoms with Gasteiger partial charge in [0.05, 0.1) is 4.92 Å². The van der Waals surface area contributed by atoms with E-state index in [1.165, 1.54) is 18.1 Å². The molecule has 0 aliphatic heterocycles. The molecule has 0 saturated carbocycles. The summed E-state index contributed by atoms with van der Waals surface area (Å²) < 4.78 is 0. The first kappa shape index (κ1) is 13.3. The van der Waals surface area contributed by atoms with Crippen LogP contribution in [-0.2, 0) is 0 Å². The summed E-state index contributed by atoms with van der Waals surface area (Å²) in [6.07, 6.45) is 1.32. The van der Waals surface area contributed by atoms with Crippen LogP contribution in [0, 0.1) is 17.0 Å². The average Bonchev–Trinajstić information content (AvgIpc) is 2.38. The standard InChI is InChI=1S/C12H12N4O2S/c1-8-4-3-5-9(6-8)19-12-10(16(17)18)11(13-2)14-7-15-12/h3-7H,1-2H3,(H,13,14,15). The number of aromatic nitrogens is 2. The molecule has 0 amide bonds. The summed E-state index contributed by atoms with van der Waals surface area (Å²) in [6, 6.07) is 7.72. The predicted octanol–water partition coefficient (Wildman–Crippen LogP) is 2.89. The normalized spacial score (nSPS) is 10.2. The van der Waals surface area contributed by atoms with Gasteiger partial charge in [-0.25, -0.2) is 9.97 Å². The van der Waals surface area contributed by atoms with Gasteiger partial charge in [0.1, 0.15) is 6.33 Å². The van der Waals surface area contributed by atoms with E-state index in [0.717, 1.165) is 10.5 Å². The first-order valence-corrected chi connectivity index (χ1v) is 6.35. The number of hydrogen-bond donors (Lipinski definition) is 1. The van der Waals surface area contributed by atoms with Crippen molar-refractivity contribution >= 4 is 23.3 Å². The van der Waals surface area contributed by atoms with Crippen molar-refractivity contribution in [3.63, 3.8) is 0 Å². The van der Waals surface area contributed by atoms with Crippen LogP contribution in [0.25, 0.3) is 0 Å². The molecule has 1 heterocycles. The molecule has 0 spiro atoms. The molecule has 1 aromatic heterocycles. The molecule has 0 aliphatic rings. The fourth-order valence-corrected chi connectivity index (χ4v) is 2.56. The van der Waals surface area contributed by atoms with Crippen LogP contribution >= 0.6 is 11.8 Å². The molecule has 0 atom stereocenters. The smallest absolute Gasteiger partial charge is 0.343 e. The van der Waals surface area contributed by atoms with Crippen molar-refractivity contribution in [2.45, 2.75) is 16.8 Å². The Kier molecular flexibility index (Phi) is 3.96. The number of nitro groups is 1. The van der Waals surface area contributed by atoms with Crippen LogP contribution < -0.4 is 5.32 Å². The number of aryl methyl sites for hydroxylation is 1. The quantitative estimate of drug-likeness (QED) is 0.525. The number of rotatable bonds is 4. The molecule has 0 fully saturated rings. The molecule has 7 heteroatoms. The van der Waals surface area contributed by atoms with Gasteiger partial charge in [0.25, 0.3) is 0 Å². The highest BCUT2D eigenvalue weighted by Gasteiger charge is 2.22. The van der Waals surface area contributed by atoms with Gasteiger partial charge in [-0.05, 0) is 19.1 Å². The average molecular weight is 276 g/mol. The summed E-state index contributed by atoms with van der Waals surface area (Å²) >= 11 is 1.25. The maximum Gasteiger partial charge on any atom is 0.343 e. The second-order valence-corrected chi connectivity index (χ2v) is 4.86. The summed E-state index contributed by atoms with van der Waals surface area (Å²) in [5.41, 5.74) is 0.993. The summed E-state index contributed by atoms with van der Waals surface area (Å²) in [5.74, 6) is 0.218. The second kappa shape index (κ2) is 5.66. The van der Waals surface area contributed by atoms with Crippen LogP contribution in [0.2, 0.25) is 0 Å². The van der Waals surface area contributed by atoms with Gasteiger partial charge in [0.2, 0.25) is 5.82 Å². The molecular formula is C12H12N4O2S. The lowest BCUT2D eigenvalue weighted by atomic mass is 10.2. The Labute approximate surface area is 114 Å². The molecule has 2 rings (SSSR count). The fraction of sp³-hybridized carbons (Fsp3) is 0.167. The van der Waals surface area contributed by atoms with Gasteiger partial charge in [-0.1, -0.05) is 29.5 Å². The second-order valence-electron chi connectivity index (χ2n) is 3.80. The molecule has 0 bridgehead atoms. The molecule has 0 unspecified atom stereocenters. The van der Waals surface area contributed by atoms with Crippen molar-refractivity contribution in [1.82, 2.24) is 9.97 Å². The van der Waals surface area contributed by atoms with Gasteiger partial charge < -0.3 is 5.32 Å². The molecule has 0 saturated heterocycles. The molecule has 0 radical (unpaired) electrons. The van der Waals surface area contributed by atoms with E-state index in [9.17, 15) is 10.1 Å². The minimum absolute atomic E-state index is 0.100. The van der Waals surface area contributed by atoms with Gasteiger partial charge in [0, 0.05) is 11.9 Å². The van der Waals surface area contributed by atoms with Gasteiger partial charge in [-0.2, -0.15) is 0 Å². The molecule has 98 valence electrons. The molecule has 2 aromatic rings. The van der Waals surface area contributed by atoms with E-state index in [4.69, 9.17) is 0 Å². The lowest BCUT2D eigenvalue weighted by Gasteiger charge is -2.05. The van der Waals surface area contributed by atoms with Crippen LogP contribution in [0.5, 0.6) is 0 Å². The van der Waals surface area contributed by atoms with Crippen LogP contribution in [0.15, 0.2) is 40.5 Å². The molecule has 19 heavy (non-hydrogen) atoms. The number of benzene rings is 1. The first-order chi connectivity index (χ1) is 9.11. The SMILES string of the molecule is CNc1ncnc(Sc2cccc(C)c2)c1[N+](=O)[O-]. The van der Waals surface area contributed by atoms with Crippen LogP contribution in [-0.4, -0.2) is 21.9 Å². The molecule has 1 N–H and O–H groups in total. The third kappa shape index (κ3) is 3.00. The highest BCUT2D eigenvalue weighted by molar-refractivity contribution is 7.99. The number of hydrogen-bond acceptors (Lipinski definition) is 6. The number of anilines is 1. The van der Waals surface area contributed by atoms with Crippen molar-refractivity contribution in [1.29, 1.82) is 0 Å². The Hall–Kier alpha value is -2.15. The van der Waals surface area contributed by atoms with Crippen LogP contribution in [0.3, 0.4) is 0 Å². The van der Waals surface area contributed by atoms with Gasteiger partial charge in [-0.15, -0.1) is 0 Å². The molecule has 6 nitrogen and oxygen atoms in total. The zero-order chi connectivity index (χ0) is 13.8. The van der Waals surface area contributed by atoms with E-state index in [1.807, 2.05) is 31.2 Å². The maximum absolute atomic E-state index is 11.1. The largest absolute Gasteiger partial charge is 0.367 e. The van der Waals surface area contributed by atoms with E-state index in [0.29, 0.717) is 5.03 Å². The predicted molar refractivity (Wildman–Crippen MR) is 73.5 cm³/mol. The molecular weight excluding hydrogens is 264 g/mol. The Balaban J connectivity index is 2.42. The van der Waals surface area contributed by atoms with Crippen molar-refractivity contribution in [3.05, 3.63) is 46.3 Å². The number of nitrogens with one attached hydrogen (secondary N) is 1. The summed E-state index contributed by atoms with van der Waals surface area (Å²) in [4.78, 5) is 19.4. The zero-order valence-corrected chi connectivity index (χ0v) is 11.3. The van der Waals surface area contributed by atoms with Crippen LogP contribution in [0.1, 0.15) is 5.56 Å². The molecule has 1 aromatic carbocycles. The Morgan fingerprint density at radius 2 is 2.16 bits per heavy atom. The maximum atomic E-state index is 11.1. The monoisotopic (exact) mass is 276 g/mol. The van der Waals surface area contributed by atoms with Gasteiger partial charge >= 0.3 is 5.69 Å². The minimum Gasteiger partial charge on any atom is -0.367 e. The Morgan fingerprint density at radius 1 is 1.37 bits per heavy atom. The summed E-state index contributed by atoms with van der Waals surface area (Å²) in [6.45, 7) is 1.97. The van der Waals surface area contributed by atoms with Crippen LogP contribution in [0.4, 0.5) is 11.5 Å². The Bertz CT molecular complexity index is 618. The van der Waals surface area contributed by atoms with Crippen molar-refractivity contribution in [2.75, 3.05) is 12.4 Å². The van der Waals surface area contributed by atoms with Crippen molar-refractivity contribution in [2.24, 2.45) is 0 Å². The van der Waals surface area contributed by atoms with Crippen molar-refractivity contribution < 1.29 is 4.92 Å². The summed E-state index contributed by atoms with van der Waals surface area (Å²) in [7, 11) is 1.59. The lowest BCUT2D eigenvalue weighted by molar-refractivity contribution is -0.387. The highest BCUT2D eigenvalue weighted by atomic mass is 32.2. The topological polar surface area (TPSA) is 81.0 Å². The van der Waals surface area contributed by atoms with E-state index >= 15 is 0 Å². The lowest BCUT2D eigenvalue weighted by Crippen LogP contribution is -2.02. The van der Waals surface area contributed by atoms with E-state index in [2.05, 4.69) is 15.3 Å². The fourth-order valence-electron chi connectivity index (χ4n) is 1.58. The third-order valence-electron chi connectivity index (χ3n) is 2.41. The number of nitrogens with zero attached hydrogens (tertiary/aromatic N) is 3. The molecule has 0 aliphatic carbocycles. The third-order valence-corrected chi connectivity index (χ3v) is 3.39.